The Bertz CT molecular complexity index is 468. The minimum atomic E-state index is 0.00902. The van der Waals surface area contributed by atoms with Crippen LogP contribution in [-0.2, 0) is 4.74 Å². The monoisotopic (exact) mass is 276 g/mol. The lowest BCUT2D eigenvalue weighted by atomic mass is 9.92. The summed E-state index contributed by atoms with van der Waals surface area (Å²) in [7, 11) is 1.88. The lowest BCUT2D eigenvalue weighted by Crippen LogP contribution is -2.40. The SMILES string of the molecule is CNc1ccc(C(=O)NC(C)C2CCOCC2)cc1C. The summed E-state index contributed by atoms with van der Waals surface area (Å²) in [6.07, 6.45) is 2.05. The number of amides is 1. The van der Waals surface area contributed by atoms with Crippen molar-refractivity contribution in [3.63, 3.8) is 0 Å². The van der Waals surface area contributed by atoms with Crippen molar-refractivity contribution in [2.45, 2.75) is 32.7 Å². The molecule has 1 unspecified atom stereocenters. The van der Waals surface area contributed by atoms with Crippen LogP contribution in [0.1, 0.15) is 35.7 Å². The highest BCUT2D eigenvalue weighted by atomic mass is 16.5. The van der Waals surface area contributed by atoms with Crippen molar-refractivity contribution in [3.8, 4) is 0 Å². The van der Waals surface area contributed by atoms with E-state index in [4.69, 9.17) is 4.74 Å². The van der Waals surface area contributed by atoms with E-state index in [1.165, 1.54) is 0 Å². The van der Waals surface area contributed by atoms with E-state index in [1.807, 2.05) is 32.2 Å². The zero-order valence-corrected chi connectivity index (χ0v) is 12.5. The van der Waals surface area contributed by atoms with Crippen molar-refractivity contribution < 1.29 is 9.53 Å². The number of carbonyl (C=O) groups is 1. The summed E-state index contributed by atoms with van der Waals surface area (Å²) in [6.45, 7) is 5.70. The van der Waals surface area contributed by atoms with Crippen LogP contribution in [0.4, 0.5) is 5.69 Å². The second kappa shape index (κ2) is 6.75. The van der Waals surface area contributed by atoms with Crippen LogP contribution in [0.3, 0.4) is 0 Å². The predicted molar refractivity (Wildman–Crippen MR) is 81.2 cm³/mol. The molecule has 1 saturated heterocycles. The summed E-state index contributed by atoms with van der Waals surface area (Å²) in [5, 5.41) is 6.22. The number of carbonyl (C=O) groups excluding carboxylic acids is 1. The minimum absolute atomic E-state index is 0.00902. The first kappa shape index (κ1) is 14.9. The molecule has 0 saturated carbocycles. The van der Waals surface area contributed by atoms with E-state index < -0.39 is 0 Å². The molecule has 4 heteroatoms. The number of rotatable bonds is 4. The lowest BCUT2D eigenvalue weighted by molar-refractivity contribution is 0.0538. The topological polar surface area (TPSA) is 50.4 Å². The van der Waals surface area contributed by atoms with Crippen molar-refractivity contribution in [2.75, 3.05) is 25.6 Å². The third-order valence-electron chi connectivity index (χ3n) is 4.09. The molecule has 0 aliphatic carbocycles. The van der Waals surface area contributed by atoms with Crippen LogP contribution >= 0.6 is 0 Å². The highest BCUT2D eigenvalue weighted by Crippen LogP contribution is 2.20. The van der Waals surface area contributed by atoms with Gasteiger partial charge in [-0.1, -0.05) is 0 Å². The van der Waals surface area contributed by atoms with Crippen LogP contribution in [-0.4, -0.2) is 32.2 Å². The molecular formula is C16H24N2O2. The van der Waals surface area contributed by atoms with E-state index in [-0.39, 0.29) is 11.9 Å². The number of anilines is 1. The maximum atomic E-state index is 12.3. The maximum absolute atomic E-state index is 12.3. The fourth-order valence-electron chi connectivity index (χ4n) is 2.71. The second-order valence-corrected chi connectivity index (χ2v) is 5.49. The Labute approximate surface area is 120 Å². The third-order valence-corrected chi connectivity index (χ3v) is 4.09. The summed E-state index contributed by atoms with van der Waals surface area (Å²) in [6, 6.07) is 5.93. The molecule has 110 valence electrons. The Hall–Kier alpha value is -1.55. The number of hydrogen-bond donors (Lipinski definition) is 2. The van der Waals surface area contributed by atoms with Crippen LogP contribution in [0.15, 0.2) is 18.2 Å². The Balaban J connectivity index is 1.98. The summed E-state index contributed by atoms with van der Waals surface area (Å²) in [5.74, 6) is 0.528. The van der Waals surface area contributed by atoms with Gasteiger partial charge in [-0.15, -0.1) is 0 Å². The van der Waals surface area contributed by atoms with E-state index in [1.54, 1.807) is 0 Å². The van der Waals surface area contributed by atoms with Crippen molar-refractivity contribution in [2.24, 2.45) is 5.92 Å². The first-order chi connectivity index (χ1) is 9.61. The Morgan fingerprint density at radius 1 is 1.35 bits per heavy atom. The third kappa shape index (κ3) is 3.51. The molecule has 0 aromatic heterocycles. The molecule has 2 rings (SSSR count). The largest absolute Gasteiger partial charge is 0.388 e. The Kier molecular flexibility index (Phi) is 5.01. The van der Waals surface area contributed by atoms with Gasteiger partial charge >= 0.3 is 0 Å². The lowest BCUT2D eigenvalue weighted by Gasteiger charge is -2.28. The quantitative estimate of drug-likeness (QED) is 0.888. The first-order valence-corrected chi connectivity index (χ1v) is 7.29. The number of benzene rings is 1. The highest BCUT2D eigenvalue weighted by Gasteiger charge is 2.22. The zero-order valence-electron chi connectivity index (χ0n) is 12.5. The van der Waals surface area contributed by atoms with Gasteiger partial charge in [0, 0.05) is 37.6 Å². The van der Waals surface area contributed by atoms with E-state index in [9.17, 15) is 4.79 Å². The van der Waals surface area contributed by atoms with Gasteiger partial charge in [-0.25, -0.2) is 0 Å². The van der Waals surface area contributed by atoms with Gasteiger partial charge in [-0.2, -0.15) is 0 Å². The molecule has 0 bridgehead atoms. The molecule has 1 amide bonds. The van der Waals surface area contributed by atoms with Crippen molar-refractivity contribution >= 4 is 11.6 Å². The molecule has 4 nitrogen and oxygen atoms in total. The Morgan fingerprint density at radius 3 is 2.65 bits per heavy atom. The molecular weight excluding hydrogens is 252 g/mol. The van der Waals surface area contributed by atoms with Gasteiger partial charge in [0.25, 0.3) is 5.91 Å². The molecule has 0 spiro atoms. The summed E-state index contributed by atoms with van der Waals surface area (Å²) in [4.78, 5) is 12.3. The number of hydrogen-bond acceptors (Lipinski definition) is 3. The van der Waals surface area contributed by atoms with Gasteiger partial charge in [-0.05, 0) is 56.4 Å². The molecule has 1 aromatic carbocycles. The van der Waals surface area contributed by atoms with E-state index in [0.717, 1.165) is 42.9 Å². The fourth-order valence-corrected chi connectivity index (χ4v) is 2.71. The van der Waals surface area contributed by atoms with Crippen LogP contribution < -0.4 is 10.6 Å². The molecule has 2 N–H and O–H groups in total. The number of ether oxygens (including phenoxy) is 1. The number of aryl methyl sites for hydroxylation is 1. The number of nitrogens with one attached hydrogen (secondary N) is 2. The summed E-state index contributed by atoms with van der Waals surface area (Å²) < 4.78 is 5.36. The summed E-state index contributed by atoms with van der Waals surface area (Å²) >= 11 is 0. The van der Waals surface area contributed by atoms with Crippen molar-refractivity contribution in [3.05, 3.63) is 29.3 Å². The van der Waals surface area contributed by atoms with Crippen LogP contribution in [0.2, 0.25) is 0 Å². The molecule has 1 heterocycles. The predicted octanol–water partition coefficient (Wildman–Crippen LogP) is 2.58. The molecule has 1 aromatic rings. The Morgan fingerprint density at radius 2 is 2.05 bits per heavy atom. The van der Waals surface area contributed by atoms with Gasteiger partial charge in [-0.3, -0.25) is 4.79 Å². The average molecular weight is 276 g/mol. The van der Waals surface area contributed by atoms with Gasteiger partial charge in [0.2, 0.25) is 0 Å². The second-order valence-electron chi connectivity index (χ2n) is 5.49. The van der Waals surface area contributed by atoms with Crippen molar-refractivity contribution in [1.82, 2.24) is 5.32 Å². The maximum Gasteiger partial charge on any atom is 0.251 e. The standard InChI is InChI=1S/C16H24N2O2/c1-11-10-14(4-5-15(11)17-3)16(19)18-12(2)13-6-8-20-9-7-13/h4-5,10,12-13,17H,6-9H2,1-3H3,(H,18,19). The van der Waals surface area contributed by atoms with Crippen LogP contribution in [0.5, 0.6) is 0 Å². The van der Waals surface area contributed by atoms with E-state index in [0.29, 0.717) is 5.92 Å². The van der Waals surface area contributed by atoms with Gasteiger partial charge in [0.15, 0.2) is 0 Å². The normalized spacial score (nSPS) is 17.6. The summed E-state index contributed by atoms with van der Waals surface area (Å²) in [5.41, 5.74) is 2.86. The van der Waals surface area contributed by atoms with Gasteiger partial charge in [0.1, 0.15) is 0 Å². The molecule has 1 aliphatic rings. The molecule has 1 fully saturated rings. The molecule has 0 radical (unpaired) electrons. The zero-order chi connectivity index (χ0) is 14.5. The molecule has 20 heavy (non-hydrogen) atoms. The minimum Gasteiger partial charge on any atom is -0.388 e. The van der Waals surface area contributed by atoms with Gasteiger partial charge < -0.3 is 15.4 Å². The van der Waals surface area contributed by atoms with Crippen molar-refractivity contribution in [1.29, 1.82) is 0 Å². The fraction of sp³-hybridized carbons (Fsp3) is 0.562. The van der Waals surface area contributed by atoms with Gasteiger partial charge in [0.05, 0.1) is 0 Å². The molecule has 1 atom stereocenters. The molecule has 1 aliphatic heterocycles. The van der Waals surface area contributed by atoms with E-state index >= 15 is 0 Å². The highest BCUT2D eigenvalue weighted by molar-refractivity contribution is 5.95. The first-order valence-electron chi connectivity index (χ1n) is 7.29. The van der Waals surface area contributed by atoms with Crippen LogP contribution in [0.25, 0.3) is 0 Å². The average Bonchev–Trinajstić information content (AvgIpc) is 2.48. The smallest absolute Gasteiger partial charge is 0.251 e. The van der Waals surface area contributed by atoms with Crippen LogP contribution in [0, 0.1) is 12.8 Å². The van der Waals surface area contributed by atoms with E-state index in [2.05, 4.69) is 17.6 Å².